The molecule has 0 aliphatic heterocycles. The van der Waals surface area contributed by atoms with Gasteiger partial charge in [-0.1, -0.05) is 6.07 Å². The van der Waals surface area contributed by atoms with Crippen LogP contribution in [-0.4, -0.2) is 14.8 Å². The maximum absolute atomic E-state index is 13.4. The molecule has 0 fully saturated rings. The highest BCUT2D eigenvalue weighted by molar-refractivity contribution is 5.34. The van der Waals surface area contributed by atoms with Gasteiger partial charge in [0, 0.05) is 12.1 Å². The van der Waals surface area contributed by atoms with Crippen molar-refractivity contribution in [2.45, 2.75) is 13.5 Å². The molecule has 2 N–H and O–H groups in total. The second-order valence-corrected chi connectivity index (χ2v) is 3.22. The van der Waals surface area contributed by atoms with E-state index >= 15 is 0 Å². The fraction of sp³-hybridized carbons (Fsp3) is 0.200. The number of nitrogens with zero attached hydrogens (tertiary/aromatic N) is 3. The Bertz CT molecular complexity index is 478. The summed E-state index contributed by atoms with van der Waals surface area (Å²) in [4.78, 5) is 3.97. The lowest BCUT2D eigenvalue weighted by Gasteiger charge is -2.03. The highest BCUT2D eigenvalue weighted by atomic mass is 19.1. The van der Waals surface area contributed by atoms with Crippen molar-refractivity contribution in [3.05, 3.63) is 41.7 Å². The minimum atomic E-state index is -0.317. The van der Waals surface area contributed by atoms with E-state index in [0.717, 1.165) is 0 Å². The van der Waals surface area contributed by atoms with Crippen molar-refractivity contribution in [2.75, 3.05) is 0 Å². The van der Waals surface area contributed by atoms with Gasteiger partial charge in [-0.2, -0.15) is 5.10 Å². The molecule has 0 atom stereocenters. The van der Waals surface area contributed by atoms with Gasteiger partial charge in [0.1, 0.15) is 18.0 Å². The van der Waals surface area contributed by atoms with Gasteiger partial charge in [0.15, 0.2) is 0 Å². The fourth-order valence-corrected chi connectivity index (χ4v) is 1.31. The SMILES string of the molecule is Cc1ncn(-c2ccc(CN)c(F)c2)n1. The third kappa shape index (κ3) is 1.87. The number of aromatic nitrogens is 3. The molecule has 1 heterocycles. The Morgan fingerprint density at radius 1 is 1.47 bits per heavy atom. The molecular formula is C10H11FN4. The highest BCUT2D eigenvalue weighted by Gasteiger charge is 2.04. The summed E-state index contributed by atoms with van der Waals surface area (Å²) in [5.74, 6) is 0.335. The summed E-state index contributed by atoms with van der Waals surface area (Å²) in [5, 5.41) is 4.09. The van der Waals surface area contributed by atoms with Crippen LogP contribution in [-0.2, 0) is 6.54 Å². The molecule has 4 nitrogen and oxygen atoms in total. The summed E-state index contributed by atoms with van der Waals surface area (Å²) >= 11 is 0. The predicted molar refractivity (Wildman–Crippen MR) is 53.9 cm³/mol. The number of aryl methyl sites for hydroxylation is 1. The lowest BCUT2D eigenvalue weighted by atomic mass is 10.2. The summed E-state index contributed by atoms with van der Waals surface area (Å²) in [6.45, 7) is 1.98. The van der Waals surface area contributed by atoms with Gasteiger partial charge in [0.2, 0.25) is 0 Å². The van der Waals surface area contributed by atoms with Crippen LogP contribution in [0.4, 0.5) is 4.39 Å². The Kier molecular flexibility index (Phi) is 2.47. The monoisotopic (exact) mass is 206 g/mol. The van der Waals surface area contributed by atoms with E-state index in [9.17, 15) is 4.39 Å². The van der Waals surface area contributed by atoms with Crippen molar-refractivity contribution in [1.29, 1.82) is 0 Å². The van der Waals surface area contributed by atoms with Gasteiger partial charge in [-0.05, 0) is 19.1 Å². The maximum Gasteiger partial charge on any atom is 0.147 e. The predicted octanol–water partition coefficient (Wildman–Crippen LogP) is 1.17. The summed E-state index contributed by atoms with van der Waals surface area (Å²) in [6.07, 6.45) is 1.55. The van der Waals surface area contributed by atoms with Crippen LogP contribution in [0.25, 0.3) is 5.69 Å². The largest absolute Gasteiger partial charge is 0.326 e. The zero-order valence-corrected chi connectivity index (χ0v) is 8.31. The lowest BCUT2D eigenvalue weighted by Crippen LogP contribution is -2.02. The van der Waals surface area contributed by atoms with Crippen molar-refractivity contribution >= 4 is 0 Å². The molecule has 0 saturated carbocycles. The molecule has 2 aromatic rings. The summed E-state index contributed by atoms with van der Waals surface area (Å²) in [6, 6.07) is 4.82. The minimum absolute atomic E-state index is 0.197. The van der Waals surface area contributed by atoms with Gasteiger partial charge in [0.05, 0.1) is 5.69 Å². The smallest absolute Gasteiger partial charge is 0.147 e. The van der Waals surface area contributed by atoms with Crippen LogP contribution in [0.5, 0.6) is 0 Å². The van der Waals surface area contributed by atoms with E-state index in [4.69, 9.17) is 5.73 Å². The summed E-state index contributed by atoms with van der Waals surface area (Å²) < 4.78 is 14.9. The Hall–Kier alpha value is -1.75. The number of hydrogen-bond acceptors (Lipinski definition) is 3. The number of halogens is 1. The Balaban J connectivity index is 2.42. The zero-order valence-electron chi connectivity index (χ0n) is 8.31. The molecule has 5 heteroatoms. The van der Waals surface area contributed by atoms with Crippen molar-refractivity contribution < 1.29 is 4.39 Å². The minimum Gasteiger partial charge on any atom is -0.326 e. The van der Waals surface area contributed by atoms with Crippen LogP contribution >= 0.6 is 0 Å². The topological polar surface area (TPSA) is 56.7 Å². The average molecular weight is 206 g/mol. The molecule has 0 saturated heterocycles. The van der Waals surface area contributed by atoms with E-state index in [1.807, 2.05) is 0 Å². The van der Waals surface area contributed by atoms with E-state index in [2.05, 4.69) is 10.1 Å². The van der Waals surface area contributed by atoms with Crippen molar-refractivity contribution in [2.24, 2.45) is 5.73 Å². The third-order valence-electron chi connectivity index (χ3n) is 2.13. The van der Waals surface area contributed by atoms with Crippen LogP contribution in [0.3, 0.4) is 0 Å². The van der Waals surface area contributed by atoms with Crippen LogP contribution in [0.1, 0.15) is 11.4 Å². The van der Waals surface area contributed by atoms with E-state index in [1.54, 1.807) is 25.4 Å². The molecule has 1 aromatic heterocycles. The van der Waals surface area contributed by atoms with Gasteiger partial charge >= 0.3 is 0 Å². The first-order valence-electron chi connectivity index (χ1n) is 4.58. The van der Waals surface area contributed by atoms with Gasteiger partial charge in [-0.15, -0.1) is 0 Å². The van der Waals surface area contributed by atoms with Crippen LogP contribution < -0.4 is 5.73 Å². The number of nitrogens with two attached hydrogens (primary N) is 1. The molecule has 1 aromatic carbocycles. The molecular weight excluding hydrogens is 195 g/mol. The van der Waals surface area contributed by atoms with E-state index < -0.39 is 0 Å². The molecule has 0 unspecified atom stereocenters. The first kappa shape index (κ1) is 9.79. The molecule has 0 radical (unpaired) electrons. The second kappa shape index (κ2) is 3.78. The summed E-state index contributed by atoms with van der Waals surface area (Å²) in [5.41, 5.74) is 6.51. The molecule has 0 amide bonds. The third-order valence-corrected chi connectivity index (χ3v) is 2.13. The molecule has 15 heavy (non-hydrogen) atoms. The molecule has 0 aliphatic carbocycles. The number of benzene rings is 1. The van der Waals surface area contributed by atoms with Crippen molar-refractivity contribution in [3.63, 3.8) is 0 Å². The molecule has 0 bridgehead atoms. The van der Waals surface area contributed by atoms with Gasteiger partial charge in [-0.3, -0.25) is 0 Å². The average Bonchev–Trinajstić information content (AvgIpc) is 2.65. The zero-order chi connectivity index (χ0) is 10.8. The Morgan fingerprint density at radius 3 is 2.80 bits per heavy atom. The Morgan fingerprint density at radius 2 is 2.27 bits per heavy atom. The van der Waals surface area contributed by atoms with E-state index in [-0.39, 0.29) is 12.4 Å². The van der Waals surface area contributed by atoms with Gasteiger partial charge < -0.3 is 5.73 Å². The van der Waals surface area contributed by atoms with Crippen molar-refractivity contribution in [3.8, 4) is 5.69 Å². The standard InChI is InChI=1S/C10H11FN4/c1-7-13-6-15(14-7)9-3-2-8(5-12)10(11)4-9/h2-4,6H,5,12H2,1H3. The quantitative estimate of drug-likeness (QED) is 0.802. The number of rotatable bonds is 2. The first-order valence-corrected chi connectivity index (χ1v) is 4.58. The van der Waals surface area contributed by atoms with Gasteiger partial charge in [-0.25, -0.2) is 14.1 Å². The van der Waals surface area contributed by atoms with Crippen molar-refractivity contribution in [1.82, 2.24) is 14.8 Å². The van der Waals surface area contributed by atoms with Crippen LogP contribution in [0.15, 0.2) is 24.5 Å². The second-order valence-electron chi connectivity index (χ2n) is 3.22. The van der Waals surface area contributed by atoms with Crippen LogP contribution in [0, 0.1) is 12.7 Å². The first-order chi connectivity index (χ1) is 7.20. The fourth-order valence-electron chi connectivity index (χ4n) is 1.31. The van der Waals surface area contributed by atoms with Crippen LogP contribution in [0.2, 0.25) is 0 Å². The normalized spacial score (nSPS) is 10.6. The number of hydrogen-bond donors (Lipinski definition) is 1. The molecule has 0 aliphatic rings. The molecule has 78 valence electrons. The molecule has 2 rings (SSSR count). The summed E-state index contributed by atoms with van der Waals surface area (Å²) in [7, 11) is 0. The lowest BCUT2D eigenvalue weighted by molar-refractivity contribution is 0.608. The molecule has 0 spiro atoms. The highest BCUT2D eigenvalue weighted by Crippen LogP contribution is 2.12. The van der Waals surface area contributed by atoms with E-state index in [0.29, 0.717) is 17.1 Å². The maximum atomic E-state index is 13.4. The van der Waals surface area contributed by atoms with Gasteiger partial charge in [0.25, 0.3) is 0 Å². The van der Waals surface area contributed by atoms with E-state index in [1.165, 1.54) is 10.7 Å². The Labute approximate surface area is 86.6 Å².